The fourth-order valence-electron chi connectivity index (χ4n) is 1.53. The van der Waals surface area contributed by atoms with Gasteiger partial charge in [0.15, 0.2) is 0 Å². The zero-order chi connectivity index (χ0) is 14.8. The van der Waals surface area contributed by atoms with Crippen molar-refractivity contribution in [3.05, 3.63) is 23.5 Å². The molecule has 0 aromatic heterocycles. The van der Waals surface area contributed by atoms with E-state index in [0.29, 0.717) is 0 Å². The third kappa shape index (κ3) is 3.42. The molecule has 0 aliphatic rings. The van der Waals surface area contributed by atoms with E-state index in [1.165, 1.54) is 27.0 Å². The summed E-state index contributed by atoms with van der Waals surface area (Å²) in [6.45, 7) is 2.76. The number of carbonyl (C=O) groups excluding carboxylic acids is 1. The summed E-state index contributed by atoms with van der Waals surface area (Å²) in [5, 5.41) is 2.29. The van der Waals surface area contributed by atoms with Crippen LogP contribution >= 0.6 is 0 Å². The number of likely N-dealkylation sites (N-methyl/N-ethyl adjacent to an activating group) is 1. The van der Waals surface area contributed by atoms with E-state index in [0.717, 1.165) is 6.07 Å². The van der Waals surface area contributed by atoms with Crippen molar-refractivity contribution in [1.82, 2.24) is 10.0 Å². The number of nitrogens with one attached hydrogen (secondary N) is 2. The van der Waals surface area contributed by atoms with E-state index in [-0.39, 0.29) is 11.3 Å². The van der Waals surface area contributed by atoms with Crippen molar-refractivity contribution in [3.63, 3.8) is 0 Å². The maximum Gasteiger partial charge on any atom is 0.244 e. The topological polar surface area (TPSA) is 101 Å². The summed E-state index contributed by atoms with van der Waals surface area (Å²) in [7, 11) is -2.78. The van der Waals surface area contributed by atoms with E-state index in [1.807, 2.05) is 0 Å². The number of nitrogens with two attached hydrogens (primary N) is 1. The zero-order valence-corrected chi connectivity index (χ0v) is 11.6. The highest BCUT2D eigenvalue weighted by Gasteiger charge is 2.25. The summed E-state index contributed by atoms with van der Waals surface area (Å²) < 4.78 is 39.9. The third-order valence-corrected chi connectivity index (χ3v) is 4.04. The molecule has 1 aromatic rings. The van der Waals surface area contributed by atoms with E-state index in [2.05, 4.69) is 10.0 Å². The van der Waals surface area contributed by atoms with E-state index >= 15 is 0 Å². The summed E-state index contributed by atoms with van der Waals surface area (Å²) in [4.78, 5) is 10.7. The number of sulfonamides is 1. The smallest absolute Gasteiger partial charge is 0.244 e. The predicted octanol–water partition coefficient (Wildman–Crippen LogP) is 0.129. The standard InChI is InChI=1S/C11H16FN3O3S/c1-6-4-8(13)5-9(10(6)12)19(17,18)15-7(2)11(16)14-3/h4-5,7,15H,13H2,1-3H3,(H,14,16). The minimum absolute atomic E-state index is 0.118. The molecule has 0 spiro atoms. The van der Waals surface area contributed by atoms with Crippen LogP contribution in [0.2, 0.25) is 0 Å². The lowest BCUT2D eigenvalue weighted by Crippen LogP contribution is -2.43. The summed E-state index contributed by atoms with van der Waals surface area (Å²) >= 11 is 0. The molecule has 0 saturated carbocycles. The van der Waals surface area contributed by atoms with Gasteiger partial charge in [0, 0.05) is 12.7 Å². The lowest BCUT2D eigenvalue weighted by Gasteiger charge is -2.14. The summed E-state index contributed by atoms with van der Waals surface area (Å²) in [6, 6.07) is 1.33. The number of rotatable bonds is 4. The van der Waals surface area contributed by atoms with E-state index in [9.17, 15) is 17.6 Å². The highest BCUT2D eigenvalue weighted by atomic mass is 32.2. The Morgan fingerprint density at radius 3 is 2.53 bits per heavy atom. The number of carbonyl (C=O) groups is 1. The van der Waals surface area contributed by atoms with Crippen molar-refractivity contribution in [2.24, 2.45) is 0 Å². The molecule has 0 heterocycles. The highest BCUT2D eigenvalue weighted by Crippen LogP contribution is 2.21. The number of benzene rings is 1. The number of halogens is 1. The quantitative estimate of drug-likeness (QED) is 0.686. The third-order valence-electron chi connectivity index (χ3n) is 2.50. The second kappa shape index (κ2) is 5.54. The molecule has 1 atom stereocenters. The number of hydrogen-bond acceptors (Lipinski definition) is 4. The molecule has 0 radical (unpaired) electrons. The first-order chi connectivity index (χ1) is 8.69. The van der Waals surface area contributed by atoms with Gasteiger partial charge in [0.05, 0.1) is 6.04 Å². The maximum atomic E-state index is 13.8. The Bertz CT molecular complexity index is 601. The number of amides is 1. The van der Waals surface area contributed by atoms with Crippen molar-refractivity contribution in [2.75, 3.05) is 12.8 Å². The Balaban J connectivity index is 3.18. The fourth-order valence-corrected chi connectivity index (χ4v) is 2.91. The average molecular weight is 289 g/mol. The van der Waals surface area contributed by atoms with Crippen LogP contribution < -0.4 is 15.8 Å². The average Bonchev–Trinajstić information content (AvgIpc) is 2.31. The van der Waals surface area contributed by atoms with Gasteiger partial charge in [0.25, 0.3) is 0 Å². The van der Waals surface area contributed by atoms with Crippen molar-refractivity contribution in [2.45, 2.75) is 24.8 Å². The number of nitrogen functional groups attached to an aromatic ring is 1. The number of anilines is 1. The molecule has 1 rings (SSSR count). The van der Waals surface area contributed by atoms with Crippen LogP contribution in [0.3, 0.4) is 0 Å². The van der Waals surface area contributed by atoms with Gasteiger partial charge in [0.2, 0.25) is 15.9 Å². The minimum atomic E-state index is -4.16. The van der Waals surface area contributed by atoms with Crippen LogP contribution in [0.1, 0.15) is 12.5 Å². The lowest BCUT2D eigenvalue weighted by molar-refractivity contribution is -0.121. The molecule has 0 aliphatic heterocycles. The van der Waals surface area contributed by atoms with Gasteiger partial charge in [-0.1, -0.05) is 0 Å². The molecule has 19 heavy (non-hydrogen) atoms. The van der Waals surface area contributed by atoms with Gasteiger partial charge in [-0.15, -0.1) is 0 Å². The van der Waals surface area contributed by atoms with Crippen molar-refractivity contribution in [1.29, 1.82) is 0 Å². The largest absolute Gasteiger partial charge is 0.399 e. The number of hydrogen-bond donors (Lipinski definition) is 3. The van der Waals surface area contributed by atoms with Gasteiger partial charge < -0.3 is 11.1 Å². The fraction of sp³-hybridized carbons (Fsp3) is 0.364. The van der Waals surface area contributed by atoms with Crippen LogP contribution in [-0.2, 0) is 14.8 Å². The van der Waals surface area contributed by atoms with Crippen LogP contribution in [0.4, 0.5) is 10.1 Å². The Kier molecular flexibility index (Phi) is 4.48. The van der Waals surface area contributed by atoms with E-state index < -0.39 is 32.7 Å². The first-order valence-corrected chi connectivity index (χ1v) is 6.97. The number of aryl methyl sites for hydroxylation is 1. The SMILES string of the molecule is CNC(=O)C(C)NS(=O)(=O)c1cc(N)cc(C)c1F. The molecule has 0 fully saturated rings. The summed E-state index contributed by atoms with van der Waals surface area (Å²) in [6.07, 6.45) is 0. The Morgan fingerprint density at radius 1 is 1.42 bits per heavy atom. The van der Waals surface area contributed by atoms with E-state index in [1.54, 1.807) is 0 Å². The molecular formula is C11H16FN3O3S. The Hall–Kier alpha value is -1.67. The van der Waals surface area contributed by atoms with Crippen LogP contribution in [0.15, 0.2) is 17.0 Å². The van der Waals surface area contributed by atoms with Crippen LogP contribution in [0, 0.1) is 12.7 Å². The zero-order valence-electron chi connectivity index (χ0n) is 10.8. The molecule has 106 valence electrons. The second-order valence-corrected chi connectivity index (χ2v) is 5.79. The summed E-state index contributed by atoms with van der Waals surface area (Å²) in [5.41, 5.74) is 5.75. The normalized spacial score (nSPS) is 13.1. The molecule has 0 saturated heterocycles. The van der Waals surface area contributed by atoms with Crippen molar-refractivity contribution >= 4 is 21.6 Å². The molecule has 1 amide bonds. The van der Waals surface area contributed by atoms with Gasteiger partial charge >= 0.3 is 0 Å². The summed E-state index contributed by atoms with van der Waals surface area (Å²) in [5.74, 6) is -1.41. The van der Waals surface area contributed by atoms with Gasteiger partial charge in [0.1, 0.15) is 10.7 Å². The Labute approximate surface area is 111 Å². The van der Waals surface area contributed by atoms with Gasteiger partial charge in [-0.25, -0.2) is 12.8 Å². The molecule has 0 bridgehead atoms. The highest BCUT2D eigenvalue weighted by molar-refractivity contribution is 7.89. The van der Waals surface area contributed by atoms with Crippen LogP contribution in [-0.4, -0.2) is 27.4 Å². The van der Waals surface area contributed by atoms with Gasteiger partial charge in [-0.3, -0.25) is 4.79 Å². The molecule has 1 unspecified atom stereocenters. The van der Waals surface area contributed by atoms with Gasteiger partial charge in [-0.05, 0) is 31.5 Å². The van der Waals surface area contributed by atoms with Crippen molar-refractivity contribution < 1.29 is 17.6 Å². The molecule has 0 aliphatic carbocycles. The minimum Gasteiger partial charge on any atom is -0.399 e. The molecule has 1 aromatic carbocycles. The first-order valence-electron chi connectivity index (χ1n) is 5.48. The molecule has 8 heteroatoms. The van der Waals surface area contributed by atoms with Gasteiger partial charge in [-0.2, -0.15) is 4.72 Å². The monoisotopic (exact) mass is 289 g/mol. The van der Waals surface area contributed by atoms with E-state index in [4.69, 9.17) is 5.73 Å². The maximum absolute atomic E-state index is 13.8. The van der Waals surface area contributed by atoms with Crippen LogP contribution in [0.5, 0.6) is 0 Å². The Morgan fingerprint density at radius 2 is 2.00 bits per heavy atom. The molecular weight excluding hydrogens is 273 g/mol. The molecule has 4 N–H and O–H groups in total. The second-order valence-electron chi connectivity index (χ2n) is 4.11. The van der Waals surface area contributed by atoms with Crippen LogP contribution in [0.25, 0.3) is 0 Å². The molecule has 6 nitrogen and oxygen atoms in total. The first kappa shape index (κ1) is 15.4. The lowest BCUT2D eigenvalue weighted by atomic mass is 10.2. The van der Waals surface area contributed by atoms with Crippen molar-refractivity contribution in [3.8, 4) is 0 Å². The predicted molar refractivity (Wildman–Crippen MR) is 69.4 cm³/mol.